The first-order valence-electron chi connectivity index (χ1n) is 8.54. The molecular weight excluding hydrogens is 319 g/mol. The van der Waals surface area contributed by atoms with Crippen LogP contribution in [0.15, 0.2) is 36.4 Å². The number of rotatable bonds is 4. The highest BCUT2D eigenvalue weighted by molar-refractivity contribution is 5.54. The second kappa shape index (κ2) is 6.02. The van der Waals surface area contributed by atoms with E-state index < -0.39 is 0 Å². The number of benzene rings is 1. The Labute approximate surface area is 146 Å². The third kappa shape index (κ3) is 3.04. The van der Waals surface area contributed by atoms with Gasteiger partial charge < -0.3 is 9.64 Å². The Morgan fingerprint density at radius 3 is 2.72 bits per heavy atom. The van der Waals surface area contributed by atoms with Crippen LogP contribution in [-0.4, -0.2) is 33.8 Å². The van der Waals surface area contributed by atoms with Crippen molar-refractivity contribution in [2.75, 3.05) is 18.0 Å². The van der Waals surface area contributed by atoms with E-state index in [2.05, 4.69) is 29.9 Å². The first-order chi connectivity index (χ1) is 12.0. The minimum atomic E-state index is -0.280. The first-order valence-corrected chi connectivity index (χ1v) is 8.54. The van der Waals surface area contributed by atoms with E-state index in [9.17, 15) is 4.39 Å². The summed E-state index contributed by atoms with van der Waals surface area (Å²) in [6.45, 7) is 7.73. The summed E-state index contributed by atoms with van der Waals surface area (Å²) in [4.78, 5) is 6.91. The van der Waals surface area contributed by atoms with E-state index in [1.807, 2.05) is 17.5 Å². The van der Waals surface area contributed by atoms with Crippen molar-refractivity contribution in [3.8, 4) is 5.75 Å². The Balaban J connectivity index is 1.55. The molecule has 1 aliphatic heterocycles. The third-order valence-corrected chi connectivity index (χ3v) is 4.41. The van der Waals surface area contributed by atoms with Gasteiger partial charge in [-0.15, -0.1) is 0 Å². The molecule has 0 unspecified atom stereocenters. The fourth-order valence-corrected chi connectivity index (χ4v) is 3.05. The molecule has 3 heterocycles. The number of aromatic nitrogens is 3. The van der Waals surface area contributed by atoms with Crippen molar-refractivity contribution >= 4 is 11.5 Å². The van der Waals surface area contributed by atoms with Gasteiger partial charge in [0.05, 0.1) is 18.8 Å². The maximum atomic E-state index is 13.3. The Morgan fingerprint density at radius 2 is 2.00 bits per heavy atom. The number of halogens is 1. The molecule has 2 aromatic heterocycles. The second-order valence-electron chi connectivity index (χ2n) is 6.85. The average Bonchev–Trinajstić information content (AvgIpc) is 2.90. The lowest BCUT2D eigenvalue weighted by Gasteiger charge is -2.40. The average molecular weight is 340 g/mol. The molecule has 4 rings (SSSR count). The van der Waals surface area contributed by atoms with Crippen molar-refractivity contribution in [3.05, 3.63) is 53.6 Å². The molecule has 0 saturated carbocycles. The van der Waals surface area contributed by atoms with Crippen LogP contribution in [0.5, 0.6) is 5.75 Å². The van der Waals surface area contributed by atoms with Crippen LogP contribution in [0.1, 0.15) is 31.2 Å². The Hall–Kier alpha value is -2.63. The molecule has 0 atom stereocenters. The van der Waals surface area contributed by atoms with Crippen LogP contribution in [-0.2, 0) is 0 Å². The van der Waals surface area contributed by atoms with Crippen LogP contribution in [0, 0.1) is 12.7 Å². The lowest BCUT2D eigenvalue weighted by molar-refractivity contribution is 0.166. The Kier molecular flexibility index (Phi) is 3.82. The summed E-state index contributed by atoms with van der Waals surface area (Å²) in [7, 11) is 0. The zero-order valence-corrected chi connectivity index (χ0v) is 14.6. The predicted octanol–water partition coefficient (Wildman–Crippen LogP) is 3.57. The van der Waals surface area contributed by atoms with Gasteiger partial charge in [-0.3, -0.25) is 0 Å². The monoisotopic (exact) mass is 340 g/mol. The minimum absolute atomic E-state index is 0.0455. The zero-order valence-electron chi connectivity index (χ0n) is 14.6. The summed E-state index contributed by atoms with van der Waals surface area (Å²) in [6, 6.07) is 10.4. The molecular formula is C19H21FN4O. The molecule has 0 spiro atoms. The molecule has 1 aromatic carbocycles. The van der Waals surface area contributed by atoms with Crippen molar-refractivity contribution in [2.45, 2.75) is 32.8 Å². The van der Waals surface area contributed by atoms with E-state index in [4.69, 9.17) is 9.72 Å². The van der Waals surface area contributed by atoms with Crippen LogP contribution in [0.25, 0.3) is 5.65 Å². The maximum Gasteiger partial charge on any atom is 0.157 e. The smallest absolute Gasteiger partial charge is 0.157 e. The number of fused-ring (bicyclic) bond motifs is 1. The summed E-state index contributed by atoms with van der Waals surface area (Å²) in [5.74, 6) is 1.67. The summed E-state index contributed by atoms with van der Waals surface area (Å²) in [6.07, 6.45) is 0.0455. The van der Waals surface area contributed by atoms with Crippen molar-refractivity contribution in [1.29, 1.82) is 0 Å². The number of nitrogens with zero attached hydrogens (tertiary/aromatic N) is 4. The Bertz CT molecular complexity index is 915. The largest absolute Gasteiger partial charge is 0.487 e. The molecule has 25 heavy (non-hydrogen) atoms. The lowest BCUT2D eigenvalue weighted by atomic mass is 10.1. The van der Waals surface area contributed by atoms with E-state index in [-0.39, 0.29) is 11.9 Å². The molecule has 0 bridgehead atoms. The topological polar surface area (TPSA) is 42.7 Å². The molecule has 1 fully saturated rings. The number of hydrogen-bond donors (Lipinski definition) is 0. The summed E-state index contributed by atoms with van der Waals surface area (Å²) in [5.41, 5.74) is 2.87. The number of aryl methyl sites for hydroxylation is 1. The fraction of sp³-hybridized carbons (Fsp3) is 0.368. The Morgan fingerprint density at radius 1 is 1.20 bits per heavy atom. The van der Waals surface area contributed by atoms with Crippen LogP contribution in [0.3, 0.4) is 0 Å². The quantitative estimate of drug-likeness (QED) is 0.728. The molecule has 0 aliphatic carbocycles. The molecule has 6 heteroatoms. The molecule has 1 saturated heterocycles. The standard InChI is InChI=1S/C19H21FN4O/c1-12(2)17-9-19(24-18(21-17)7-13(3)22-24)23-10-16(11-23)25-15-6-4-5-14(20)8-15/h4-9,12,16H,10-11H2,1-3H3. The molecule has 3 aromatic rings. The van der Waals surface area contributed by atoms with Gasteiger partial charge in [-0.1, -0.05) is 19.9 Å². The molecule has 5 nitrogen and oxygen atoms in total. The van der Waals surface area contributed by atoms with Gasteiger partial charge in [-0.25, -0.2) is 9.37 Å². The predicted molar refractivity (Wildman–Crippen MR) is 94.8 cm³/mol. The van der Waals surface area contributed by atoms with Crippen molar-refractivity contribution in [1.82, 2.24) is 14.6 Å². The van der Waals surface area contributed by atoms with Gasteiger partial charge in [0.25, 0.3) is 0 Å². The van der Waals surface area contributed by atoms with Gasteiger partial charge >= 0.3 is 0 Å². The second-order valence-corrected chi connectivity index (χ2v) is 6.85. The summed E-state index contributed by atoms with van der Waals surface area (Å²) >= 11 is 0. The van der Waals surface area contributed by atoms with Gasteiger partial charge in [0, 0.05) is 23.9 Å². The van der Waals surface area contributed by atoms with Crippen molar-refractivity contribution in [2.24, 2.45) is 0 Å². The van der Waals surface area contributed by atoms with Crippen LogP contribution >= 0.6 is 0 Å². The summed E-state index contributed by atoms with van der Waals surface area (Å²) in [5, 5.41) is 4.56. The summed E-state index contributed by atoms with van der Waals surface area (Å²) < 4.78 is 21.0. The number of ether oxygens (including phenoxy) is 1. The fourth-order valence-electron chi connectivity index (χ4n) is 3.05. The molecule has 1 aliphatic rings. The van der Waals surface area contributed by atoms with Gasteiger partial charge in [0.2, 0.25) is 0 Å². The van der Waals surface area contributed by atoms with E-state index >= 15 is 0 Å². The lowest BCUT2D eigenvalue weighted by Crippen LogP contribution is -2.54. The van der Waals surface area contributed by atoms with E-state index in [1.54, 1.807) is 12.1 Å². The minimum Gasteiger partial charge on any atom is -0.487 e. The molecule has 0 radical (unpaired) electrons. The van der Waals surface area contributed by atoms with E-state index in [0.717, 1.165) is 35.9 Å². The number of hydrogen-bond acceptors (Lipinski definition) is 4. The molecule has 0 N–H and O–H groups in total. The number of anilines is 1. The molecule has 0 amide bonds. The SMILES string of the molecule is Cc1cc2nc(C(C)C)cc(N3CC(Oc4cccc(F)c4)C3)n2n1. The third-order valence-electron chi connectivity index (χ3n) is 4.41. The van der Waals surface area contributed by atoms with Crippen molar-refractivity contribution < 1.29 is 9.13 Å². The first kappa shape index (κ1) is 15.9. The zero-order chi connectivity index (χ0) is 17.6. The highest BCUT2D eigenvalue weighted by Crippen LogP contribution is 2.27. The molecule has 130 valence electrons. The highest BCUT2D eigenvalue weighted by Gasteiger charge is 2.31. The van der Waals surface area contributed by atoms with E-state index in [1.165, 1.54) is 12.1 Å². The normalized spacial score (nSPS) is 15.0. The van der Waals surface area contributed by atoms with E-state index in [0.29, 0.717) is 11.7 Å². The maximum absolute atomic E-state index is 13.3. The van der Waals surface area contributed by atoms with Crippen molar-refractivity contribution in [3.63, 3.8) is 0 Å². The van der Waals surface area contributed by atoms with Gasteiger partial charge in [-0.05, 0) is 25.0 Å². The van der Waals surface area contributed by atoms with Crippen LogP contribution in [0.2, 0.25) is 0 Å². The van der Waals surface area contributed by atoms with Gasteiger partial charge in [-0.2, -0.15) is 9.61 Å². The van der Waals surface area contributed by atoms with Crippen LogP contribution < -0.4 is 9.64 Å². The highest BCUT2D eigenvalue weighted by atomic mass is 19.1. The van der Waals surface area contributed by atoms with Gasteiger partial charge in [0.1, 0.15) is 23.5 Å². The van der Waals surface area contributed by atoms with Gasteiger partial charge in [0.15, 0.2) is 5.65 Å². The van der Waals surface area contributed by atoms with Crippen LogP contribution in [0.4, 0.5) is 10.2 Å².